The Morgan fingerprint density at radius 1 is 1.13 bits per heavy atom. The van der Waals surface area contributed by atoms with Crippen LogP contribution < -0.4 is 10.1 Å². The average Bonchev–Trinajstić information content (AvgIpc) is 2.77. The molecule has 0 saturated carbocycles. The summed E-state index contributed by atoms with van der Waals surface area (Å²) >= 11 is 1.65. The Balaban J connectivity index is 2.06. The molecule has 1 atom stereocenters. The van der Waals surface area contributed by atoms with Crippen molar-refractivity contribution in [2.45, 2.75) is 50.6 Å². The summed E-state index contributed by atoms with van der Waals surface area (Å²) < 4.78 is 5.30. The van der Waals surface area contributed by atoms with Crippen LogP contribution in [-0.2, 0) is 16.1 Å². The van der Waals surface area contributed by atoms with E-state index in [-0.39, 0.29) is 11.8 Å². The lowest BCUT2D eigenvalue weighted by Crippen LogP contribution is -2.47. The van der Waals surface area contributed by atoms with Gasteiger partial charge in [0.2, 0.25) is 11.8 Å². The third kappa shape index (κ3) is 7.75. The van der Waals surface area contributed by atoms with Gasteiger partial charge in [0, 0.05) is 30.2 Å². The Kier molecular flexibility index (Phi) is 10.3. The SMILES string of the molecule is CCCCNC(=O)[C@@H](C)N(Cc1cccc(OC)c1)C(=O)CCSc1ccccc1. The molecule has 6 heteroatoms. The van der Waals surface area contributed by atoms with Crippen LogP contribution in [0.2, 0.25) is 0 Å². The maximum Gasteiger partial charge on any atom is 0.242 e. The van der Waals surface area contributed by atoms with Crippen LogP contribution in [0.5, 0.6) is 5.75 Å². The Morgan fingerprint density at radius 2 is 1.90 bits per heavy atom. The summed E-state index contributed by atoms with van der Waals surface area (Å²) in [4.78, 5) is 28.5. The van der Waals surface area contributed by atoms with E-state index in [1.807, 2.05) is 54.6 Å². The average molecular weight is 429 g/mol. The Hall–Kier alpha value is -2.47. The first kappa shape index (κ1) is 23.8. The third-order valence-electron chi connectivity index (χ3n) is 4.81. The van der Waals surface area contributed by atoms with E-state index in [0.717, 1.165) is 29.1 Å². The number of benzene rings is 2. The summed E-state index contributed by atoms with van der Waals surface area (Å²) in [7, 11) is 1.62. The molecule has 0 aliphatic carbocycles. The molecule has 30 heavy (non-hydrogen) atoms. The maximum atomic E-state index is 13.1. The van der Waals surface area contributed by atoms with Crippen LogP contribution in [0.3, 0.4) is 0 Å². The maximum absolute atomic E-state index is 13.1. The van der Waals surface area contributed by atoms with Crippen LogP contribution >= 0.6 is 11.8 Å². The molecule has 0 spiro atoms. The number of thioether (sulfide) groups is 1. The van der Waals surface area contributed by atoms with E-state index in [4.69, 9.17) is 4.74 Å². The van der Waals surface area contributed by atoms with Gasteiger partial charge in [-0.25, -0.2) is 0 Å². The van der Waals surface area contributed by atoms with Gasteiger partial charge in [0.1, 0.15) is 11.8 Å². The zero-order valence-electron chi connectivity index (χ0n) is 18.1. The predicted octanol–water partition coefficient (Wildman–Crippen LogP) is 4.51. The molecule has 0 bridgehead atoms. The summed E-state index contributed by atoms with van der Waals surface area (Å²) in [5.41, 5.74) is 0.937. The molecule has 5 nitrogen and oxygen atoms in total. The molecule has 0 unspecified atom stereocenters. The van der Waals surface area contributed by atoms with E-state index >= 15 is 0 Å². The first-order valence-corrected chi connectivity index (χ1v) is 11.4. The fraction of sp³-hybridized carbons (Fsp3) is 0.417. The normalized spacial score (nSPS) is 11.6. The Morgan fingerprint density at radius 3 is 2.60 bits per heavy atom. The summed E-state index contributed by atoms with van der Waals surface area (Å²) in [5.74, 6) is 1.26. The number of unbranched alkanes of at least 4 members (excludes halogenated alkanes) is 1. The molecule has 162 valence electrons. The van der Waals surface area contributed by atoms with E-state index < -0.39 is 6.04 Å². The van der Waals surface area contributed by atoms with E-state index in [2.05, 4.69) is 12.2 Å². The van der Waals surface area contributed by atoms with E-state index in [1.54, 1.807) is 30.7 Å². The smallest absolute Gasteiger partial charge is 0.242 e. The number of hydrogen-bond acceptors (Lipinski definition) is 4. The number of rotatable bonds is 12. The van der Waals surface area contributed by atoms with Crippen molar-refractivity contribution in [2.24, 2.45) is 0 Å². The van der Waals surface area contributed by atoms with E-state index in [1.165, 1.54) is 0 Å². The van der Waals surface area contributed by atoms with Crippen LogP contribution in [-0.4, -0.2) is 42.2 Å². The van der Waals surface area contributed by atoms with E-state index in [0.29, 0.717) is 25.3 Å². The summed E-state index contributed by atoms with van der Waals surface area (Å²) in [6.07, 6.45) is 2.31. The number of methoxy groups -OCH3 is 1. The molecular formula is C24H32N2O3S. The first-order chi connectivity index (χ1) is 14.5. The number of carbonyl (C=O) groups excluding carboxylic acids is 2. The molecular weight excluding hydrogens is 396 g/mol. The van der Waals surface area contributed by atoms with Crippen molar-refractivity contribution >= 4 is 23.6 Å². The quantitative estimate of drug-likeness (QED) is 0.399. The lowest BCUT2D eigenvalue weighted by atomic mass is 10.1. The third-order valence-corrected chi connectivity index (χ3v) is 5.83. The minimum atomic E-state index is -0.540. The van der Waals surface area contributed by atoms with Crippen molar-refractivity contribution in [2.75, 3.05) is 19.4 Å². The van der Waals surface area contributed by atoms with Gasteiger partial charge in [0.15, 0.2) is 0 Å². The highest BCUT2D eigenvalue weighted by Gasteiger charge is 2.25. The standard InChI is InChI=1S/C24H32N2O3S/c1-4-5-15-25-24(28)19(2)26(18-20-10-9-11-21(17-20)29-3)23(27)14-16-30-22-12-7-6-8-13-22/h6-13,17,19H,4-5,14-16,18H2,1-3H3,(H,25,28)/t19-/m1/s1. The van der Waals surface area contributed by atoms with Crippen LogP contribution in [0.25, 0.3) is 0 Å². The first-order valence-electron chi connectivity index (χ1n) is 10.4. The van der Waals surface area contributed by atoms with Gasteiger partial charge in [-0.3, -0.25) is 9.59 Å². The highest BCUT2D eigenvalue weighted by Crippen LogP contribution is 2.20. The number of nitrogens with zero attached hydrogens (tertiary/aromatic N) is 1. The molecule has 2 rings (SSSR count). The van der Waals surface area contributed by atoms with Gasteiger partial charge in [-0.05, 0) is 43.2 Å². The number of hydrogen-bond donors (Lipinski definition) is 1. The van der Waals surface area contributed by atoms with Gasteiger partial charge >= 0.3 is 0 Å². The molecule has 2 aromatic rings. The molecule has 2 amide bonds. The molecule has 0 saturated heterocycles. The lowest BCUT2D eigenvalue weighted by Gasteiger charge is -2.29. The number of amides is 2. The predicted molar refractivity (Wildman–Crippen MR) is 123 cm³/mol. The molecule has 2 aromatic carbocycles. The zero-order valence-corrected chi connectivity index (χ0v) is 18.9. The molecule has 0 fully saturated rings. The van der Waals surface area contributed by atoms with Gasteiger partial charge in [-0.15, -0.1) is 11.8 Å². The summed E-state index contributed by atoms with van der Waals surface area (Å²) in [6, 6.07) is 17.1. The van der Waals surface area contributed by atoms with Gasteiger partial charge in [0.05, 0.1) is 7.11 Å². The minimum absolute atomic E-state index is 0.0283. The Bertz CT molecular complexity index is 798. The number of carbonyl (C=O) groups is 2. The van der Waals surface area contributed by atoms with Gasteiger partial charge in [-0.2, -0.15) is 0 Å². The van der Waals surface area contributed by atoms with Gasteiger partial charge in [-0.1, -0.05) is 43.7 Å². The van der Waals surface area contributed by atoms with Crippen LogP contribution in [0.15, 0.2) is 59.5 Å². The molecule has 1 N–H and O–H groups in total. The summed E-state index contributed by atoms with van der Waals surface area (Å²) in [5, 5.41) is 2.95. The van der Waals surface area contributed by atoms with Crippen molar-refractivity contribution in [3.8, 4) is 5.75 Å². The number of ether oxygens (including phenoxy) is 1. The fourth-order valence-corrected chi connectivity index (χ4v) is 3.86. The Labute approximate surface area is 184 Å². The second-order valence-corrected chi connectivity index (χ2v) is 8.27. The van der Waals surface area contributed by atoms with Crippen LogP contribution in [0.1, 0.15) is 38.7 Å². The molecule has 0 aliphatic rings. The van der Waals surface area contributed by atoms with E-state index in [9.17, 15) is 9.59 Å². The molecule has 0 heterocycles. The second-order valence-electron chi connectivity index (χ2n) is 7.11. The number of nitrogens with one attached hydrogen (secondary N) is 1. The van der Waals surface area contributed by atoms with Gasteiger partial charge < -0.3 is 15.0 Å². The van der Waals surface area contributed by atoms with Crippen molar-refractivity contribution < 1.29 is 14.3 Å². The second kappa shape index (κ2) is 13.0. The monoisotopic (exact) mass is 428 g/mol. The highest BCUT2D eigenvalue weighted by atomic mass is 32.2. The highest BCUT2D eigenvalue weighted by molar-refractivity contribution is 7.99. The minimum Gasteiger partial charge on any atom is -0.497 e. The van der Waals surface area contributed by atoms with Crippen LogP contribution in [0, 0.1) is 0 Å². The zero-order chi connectivity index (χ0) is 21.8. The summed E-state index contributed by atoms with van der Waals surface area (Å²) in [6.45, 7) is 4.88. The fourth-order valence-electron chi connectivity index (χ4n) is 3.00. The molecule has 0 radical (unpaired) electrons. The van der Waals surface area contributed by atoms with Crippen molar-refractivity contribution in [1.82, 2.24) is 10.2 Å². The van der Waals surface area contributed by atoms with Gasteiger partial charge in [0.25, 0.3) is 0 Å². The van der Waals surface area contributed by atoms with Crippen LogP contribution in [0.4, 0.5) is 0 Å². The molecule has 0 aromatic heterocycles. The molecule has 0 aliphatic heterocycles. The van der Waals surface area contributed by atoms with Crippen molar-refractivity contribution in [3.05, 3.63) is 60.2 Å². The largest absolute Gasteiger partial charge is 0.497 e. The lowest BCUT2D eigenvalue weighted by molar-refractivity contribution is -0.140. The topological polar surface area (TPSA) is 58.6 Å². The van der Waals surface area contributed by atoms with Crippen molar-refractivity contribution in [3.63, 3.8) is 0 Å². The van der Waals surface area contributed by atoms with Crippen molar-refractivity contribution in [1.29, 1.82) is 0 Å².